The van der Waals surface area contributed by atoms with Gasteiger partial charge in [0.15, 0.2) is 0 Å². The van der Waals surface area contributed by atoms with Crippen LogP contribution in [0.25, 0.3) is 0 Å². The van der Waals surface area contributed by atoms with Gasteiger partial charge >= 0.3 is 11.9 Å². The van der Waals surface area contributed by atoms with Gasteiger partial charge in [-0.3, -0.25) is 9.59 Å². The Morgan fingerprint density at radius 1 is 1.21 bits per heavy atom. The Labute approximate surface area is 82.9 Å². The lowest BCUT2D eigenvalue weighted by molar-refractivity contribution is -0.157. The van der Waals surface area contributed by atoms with Gasteiger partial charge in [0.1, 0.15) is 12.2 Å². The van der Waals surface area contributed by atoms with Crippen molar-refractivity contribution in [3.05, 3.63) is 11.6 Å². The van der Waals surface area contributed by atoms with Gasteiger partial charge in [-0.1, -0.05) is 13.0 Å². The molecule has 0 bridgehead atoms. The molecular weight excluding hydrogens is 184 g/mol. The molecule has 0 heterocycles. The number of carbonyl (C=O) groups excluding carboxylic acids is 3. The van der Waals surface area contributed by atoms with Gasteiger partial charge in [-0.25, -0.2) is 4.79 Å². The smallest absolute Gasteiger partial charge is 0.341 e. The molecule has 0 atom stereocenters. The number of esters is 2. The maximum Gasteiger partial charge on any atom is 0.341 e. The van der Waals surface area contributed by atoms with E-state index >= 15 is 0 Å². The second-order valence-electron chi connectivity index (χ2n) is 2.94. The SMILES string of the molecule is CCC=C(C)C(=O)OC(=O)CC(C)=O. The van der Waals surface area contributed by atoms with Gasteiger partial charge in [0.2, 0.25) is 0 Å². The normalized spacial score (nSPS) is 10.9. The third kappa shape index (κ3) is 5.24. The van der Waals surface area contributed by atoms with E-state index in [0.29, 0.717) is 12.0 Å². The van der Waals surface area contributed by atoms with Crippen molar-refractivity contribution in [3.63, 3.8) is 0 Å². The Morgan fingerprint density at radius 3 is 2.21 bits per heavy atom. The zero-order valence-corrected chi connectivity index (χ0v) is 8.62. The number of rotatable bonds is 4. The van der Waals surface area contributed by atoms with Crippen LogP contribution in [0.5, 0.6) is 0 Å². The van der Waals surface area contributed by atoms with E-state index < -0.39 is 11.9 Å². The lowest BCUT2D eigenvalue weighted by atomic mass is 10.2. The number of hydrogen-bond donors (Lipinski definition) is 0. The van der Waals surface area contributed by atoms with E-state index in [0.717, 1.165) is 0 Å². The summed E-state index contributed by atoms with van der Waals surface area (Å²) in [6, 6.07) is 0. The van der Waals surface area contributed by atoms with Crippen LogP contribution < -0.4 is 0 Å². The first-order chi connectivity index (χ1) is 6.47. The monoisotopic (exact) mass is 198 g/mol. The van der Waals surface area contributed by atoms with E-state index in [2.05, 4.69) is 4.74 Å². The molecule has 0 aromatic carbocycles. The third-order valence-corrected chi connectivity index (χ3v) is 1.43. The maximum absolute atomic E-state index is 11.1. The van der Waals surface area contributed by atoms with E-state index in [1.165, 1.54) is 6.92 Å². The van der Waals surface area contributed by atoms with Crippen LogP contribution in [-0.2, 0) is 19.1 Å². The number of ketones is 1. The molecule has 0 aromatic heterocycles. The Bertz CT molecular complexity index is 276. The molecule has 0 aromatic rings. The molecule has 78 valence electrons. The Balaban J connectivity index is 4.13. The lowest BCUT2D eigenvalue weighted by Crippen LogP contribution is -2.15. The number of allylic oxidation sites excluding steroid dienone is 1. The van der Waals surface area contributed by atoms with Crippen LogP contribution in [0, 0.1) is 0 Å². The van der Waals surface area contributed by atoms with E-state index in [9.17, 15) is 14.4 Å². The number of carbonyl (C=O) groups is 3. The molecular formula is C10H14O4. The summed E-state index contributed by atoms with van der Waals surface area (Å²) in [5.74, 6) is -1.80. The zero-order valence-electron chi connectivity index (χ0n) is 8.62. The average molecular weight is 198 g/mol. The van der Waals surface area contributed by atoms with Gasteiger partial charge in [0.05, 0.1) is 0 Å². The summed E-state index contributed by atoms with van der Waals surface area (Å²) in [5.41, 5.74) is 0.379. The summed E-state index contributed by atoms with van der Waals surface area (Å²) in [6.45, 7) is 4.70. The van der Waals surface area contributed by atoms with E-state index in [1.807, 2.05) is 6.92 Å². The Kier molecular flexibility index (Phi) is 5.44. The van der Waals surface area contributed by atoms with Gasteiger partial charge < -0.3 is 4.74 Å². The predicted molar refractivity (Wildman–Crippen MR) is 50.4 cm³/mol. The first-order valence-electron chi connectivity index (χ1n) is 4.38. The molecule has 0 radical (unpaired) electrons. The molecule has 0 N–H and O–H groups in total. The molecule has 0 rings (SSSR count). The molecule has 0 saturated carbocycles. The highest BCUT2D eigenvalue weighted by Crippen LogP contribution is 2.00. The molecule has 0 unspecified atom stereocenters. The minimum Gasteiger partial charge on any atom is -0.389 e. The van der Waals surface area contributed by atoms with Crippen LogP contribution in [-0.4, -0.2) is 17.7 Å². The molecule has 0 saturated heterocycles. The summed E-state index contributed by atoms with van der Waals surface area (Å²) < 4.78 is 4.41. The Morgan fingerprint density at radius 2 is 1.79 bits per heavy atom. The summed E-state index contributed by atoms with van der Waals surface area (Å²) in [4.78, 5) is 32.5. The molecule has 0 spiro atoms. The van der Waals surface area contributed by atoms with Gasteiger partial charge in [-0.2, -0.15) is 0 Å². The lowest BCUT2D eigenvalue weighted by Gasteiger charge is -2.00. The fraction of sp³-hybridized carbons (Fsp3) is 0.500. The summed E-state index contributed by atoms with van der Waals surface area (Å²) >= 11 is 0. The van der Waals surface area contributed by atoms with E-state index in [-0.39, 0.29) is 12.2 Å². The second kappa shape index (κ2) is 6.07. The second-order valence-corrected chi connectivity index (χ2v) is 2.94. The molecule has 0 aliphatic rings. The largest absolute Gasteiger partial charge is 0.389 e. The van der Waals surface area contributed by atoms with Crippen molar-refractivity contribution in [2.45, 2.75) is 33.6 Å². The molecule has 4 heteroatoms. The first kappa shape index (κ1) is 12.6. The number of ether oxygens (including phenoxy) is 1. The maximum atomic E-state index is 11.1. The van der Waals surface area contributed by atoms with Crippen molar-refractivity contribution in [1.29, 1.82) is 0 Å². The fourth-order valence-corrected chi connectivity index (χ4v) is 0.813. The van der Waals surface area contributed by atoms with Crippen molar-refractivity contribution in [2.75, 3.05) is 0 Å². The van der Waals surface area contributed by atoms with Crippen molar-refractivity contribution in [1.82, 2.24) is 0 Å². The van der Waals surface area contributed by atoms with Crippen molar-refractivity contribution in [2.24, 2.45) is 0 Å². The van der Waals surface area contributed by atoms with Gasteiger partial charge in [0.25, 0.3) is 0 Å². The average Bonchev–Trinajstić information content (AvgIpc) is 2.02. The molecule has 0 aliphatic heterocycles. The quantitative estimate of drug-likeness (QED) is 0.389. The van der Waals surface area contributed by atoms with Crippen molar-refractivity contribution >= 4 is 17.7 Å². The molecule has 0 amide bonds. The summed E-state index contributed by atoms with van der Waals surface area (Å²) in [6.07, 6.45) is 2.00. The van der Waals surface area contributed by atoms with Crippen molar-refractivity contribution in [3.8, 4) is 0 Å². The number of hydrogen-bond acceptors (Lipinski definition) is 4. The van der Waals surface area contributed by atoms with Crippen LogP contribution in [0.2, 0.25) is 0 Å². The minimum atomic E-state index is -0.800. The molecule has 4 nitrogen and oxygen atoms in total. The minimum absolute atomic E-state index is 0.320. The van der Waals surface area contributed by atoms with Gasteiger partial charge in [-0.15, -0.1) is 0 Å². The highest BCUT2D eigenvalue weighted by atomic mass is 16.6. The van der Waals surface area contributed by atoms with Crippen LogP contribution in [0.1, 0.15) is 33.6 Å². The standard InChI is InChI=1S/C10H14O4/c1-4-5-7(2)10(13)14-9(12)6-8(3)11/h5H,4,6H2,1-3H3. The third-order valence-electron chi connectivity index (χ3n) is 1.43. The summed E-state index contributed by atoms with van der Waals surface area (Å²) in [5, 5.41) is 0. The number of Topliss-reactive ketones (excluding diaryl/α,β-unsaturated/α-hetero) is 1. The van der Waals surface area contributed by atoms with E-state index in [1.54, 1.807) is 13.0 Å². The van der Waals surface area contributed by atoms with Crippen LogP contribution in [0.15, 0.2) is 11.6 Å². The Hall–Kier alpha value is -1.45. The zero-order chi connectivity index (χ0) is 11.1. The molecule has 14 heavy (non-hydrogen) atoms. The summed E-state index contributed by atoms with van der Waals surface area (Å²) in [7, 11) is 0. The molecule has 0 fully saturated rings. The first-order valence-corrected chi connectivity index (χ1v) is 4.38. The predicted octanol–water partition coefficient (Wildman–Crippen LogP) is 1.39. The van der Waals surface area contributed by atoms with Crippen molar-refractivity contribution < 1.29 is 19.1 Å². The van der Waals surface area contributed by atoms with Crippen LogP contribution in [0.3, 0.4) is 0 Å². The van der Waals surface area contributed by atoms with Crippen LogP contribution in [0.4, 0.5) is 0 Å². The fourth-order valence-electron chi connectivity index (χ4n) is 0.813. The van der Waals surface area contributed by atoms with Gasteiger partial charge in [-0.05, 0) is 20.3 Å². The van der Waals surface area contributed by atoms with Gasteiger partial charge in [0, 0.05) is 5.57 Å². The topological polar surface area (TPSA) is 60.4 Å². The molecule has 0 aliphatic carbocycles. The highest BCUT2D eigenvalue weighted by molar-refractivity contribution is 6.01. The highest BCUT2D eigenvalue weighted by Gasteiger charge is 2.13. The van der Waals surface area contributed by atoms with Crippen LogP contribution >= 0.6 is 0 Å². The van der Waals surface area contributed by atoms with E-state index in [4.69, 9.17) is 0 Å².